The number of nitrogens with zero attached hydrogens (tertiary/aromatic N) is 1. The van der Waals surface area contributed by atoms with Crippen LogP contribution in [0, 0.1) is 11.6 Å². The largest absolute Gasteiger partial charge is 3.00 e. The fraction of sp³-hybridized carbons (Fsp3) is 0. The molecule has 0 radical (unpaired) electrons. The summed E-state index contributed by atoms with van der Waals surface area (Å²) >= 11 is 0. The van der Waals surface area contributed by atoms with Crippen molar-refractivity contribution in [3.05, 3.63) is 54.2 Å². The molecule has 1 aromatic heterocycles. The van der Waals surface area contributed by atoms with Gasteiger partial charge in [-0.05, 0) is 24.3 Å². The summed E-state index contributed by atoms with van der Waals surface area (Å²) in [6.45, 7) is 0. The van der Waals surface area contributed by atoms with E-state index in [0.717, 1.165) is 6.07 Å². The molecule has 0 spiro atoms. The first kappa shape index (κ1) is 12.0. The Morgan fingerprint density at radius 2 is 1.80 bits per heavy atom. The van der Waals surface area contributed by atoms with E-state index in [2.05, 4.69) is 4.98 Å². The summed E-state index contributed by atoms with van der Waals surface area (Å²) in [5.74, 6) is -1.18. The zero-order chi connectivity index (χ0) is 9.97. The van der Waals surface area contributed by atoms with Crippen LogP contribution in [0.15, 0.2) is 42.6 Å². The second-order valence-electron chi connectivity index (χ2n) is 2.84. The molecule has 0 bridgehead atoms. The van der Waals surface area contributed by atoms with Crippen molar-refractivity contribution in [1.82, 2.24) is 4.98 Å². The zero-order valence-electron chi connectivity index (χ0n) is 7.58. The van der Waals surface area contributed by atoms with Gasteiger partial charge in [0, 0.05) is 17.8 Å². The van der Waals surface area contributed by atoms with E-state index in [-0.39, 0.29) is 20.1 Å². The van der Waals surface area contributed by atoms with Crippen molar-refractivity contribution in [2.24, 2.45) is 0 Å². The third-order valence-electron chi connectivity index (χ3n) is 1.87. The zero-order valence-corrected chi connectivity index (χ0v) is 9.97. The van der Waals surface area contributed by atoms with E-state index in [9.17, 15) is 8.78 Å². The first-order valence-corrected chi connectivity index (χ1v) is 4.14. The molecule has 15 heavy (non-hydrogen) atoms. The van der Waals surface area contributed by atoms with Crippen LogP contribution in [-0.2, 0) is 20.1 Å². The Bertz CT molecular complexity index is 446. The molecular formula is C11H7F2IrN+3. The van der Waals surface area contributed by atoms with Crippen molar-refractivity contribution in [2.45, 2.75) is 0 Å². The number of hydrogen-bond acceptors (Lipinski definition) is 1. The number of aromatic nitrogens is 1. The van der Waals surface area contributed by atoms with Gasteiger partial charge in [-0.25, -0.2) is 8.78 Å². The predicted octanol–water partition coefficient (Wildman–Crippen LogP) is 3.02. The minimum Gasteiger partial charge on any atom is -0.256 e. The van der Waals surface area contributed by atoms with Gasteiger partial charge in [0.05, 0.1) is 5.69 Å². The summed E-state index contributed by atoms with van der Waals surface area (Å²) in [7, 11) is 0. The summed E-state index contributed by atoms with van der Waals surface area (Å²) in [4.78, 5) is 3.98. The Hall–Kier alpha value is -1.12. The number of halogens is 2. The van der Waals surface area contributed by atoms with Crippen LogP contribution in [0.1, 0.15) is 0 Å². The van der Waals surface area contributed by atoms with Gasteiger partial charge in [-0.2, -0.15) is 0 Å². The van der Waals surface area contributed by atoms with Crippen molar-refractivity contribution in [3.8, 4) is 11.3 Å². The summed E-state index contributed by atoms with van der Waals surface area (Å²) in [5, 5.41) is 0. The molecule has 0 amide bonds. The average molecular weight is 383 g/mol. The van der Waals surface area contributed by atoms with E-state index in [1.807, 2.05) is 0 Å². The summed E-state index contributed by atoms with van der Waals surface area (Å²) < 4.78 is 25.9. The maximum absolute atomic E-state index is 13.3. The molecule has 0 aliphatic carbocycles. The van der Waals surface area contributed by atoms with Gasteiger partial charge in [-0.1, -0.05) is 6.07 Å². The van der Waals surface area contributed by atoms with E-state index in [1.165, 1.54) is 12.1 Å². The Kier molecular flexibility index (Phi) is 4.06. The quantitative estimate of drug-likeness (QED) is 0.738. The standard InChI is InChI=1S/C11H7F2N.Ir/c12-8-4-5-9(10(13)7-8)11-3-1-2-6-14-11;/h1-7H;/q;+3. The number of pyridine rings is 1. The fourth-order valence-corrected chi connectivity index (χ4v) is 1.22. The molecule has 1 heterocycles. The SMILES string of the molecule is Fc1ccc(-c2ccccn2)c(F)c1.[Ir+3]. The maximum atomic E-state index is 13.3. The second kappa shape index (κ2) is 5.10. The molecule has 2 rings (SSSR count). The van der Waals surface area contributed by atoms with Crippen LogP contribution in [0.4, 0.5) is 8.78 Å². The van der Waals surface area contributed by atoms with Crippen molar-refractivity contribution < 1.29 is 28.9 Å². The van der Waals surface area contributed by atoms with Gasteiger partial charge in [0.1, 0.15) is 11.6 Å². The Morgan fingerprint density at radius 1 is 1.00 bits per heavy atom. The smallest absolute Gasteiger partial charge is 0.256 e. The van der Waals surface area contributed by atoms with Gasteiger partial charge < -0.3 is 0 Å². The molecule has 0 saturated carbocycles. The first-order valence-electron chi connectivity index (χ1n) is 4.14. The molecule has 2 aromatic rings. The molecule has 0 N–H and O–H groups in total. The third kappa shape index (κ3) is 2.67. The number of hydrogen-bond donors (Lipinski definition) is 0. The monoisotopic (exact) mass is 384 g/mol. The first-order chi connectivity index (χ1) is 6.77. The van der Waals surface area contributed by atoms with Crippen LogP contribution in [-0.4, -0.2) is 4.98 Å². The topological polar surface area (TPSA) is 12.9 Å². The minimum atomic E-state index is -0.594. The average Bonchev–Trinajstić information content (AvgIpc) is 2.19. The summed E-state index contributed by atoms with van der Waals surface area (Å²) in [6, 6.07) is 8.62. The second-order valence-corrected chi connectivity index (χ2v) is 2.84. The van der Waals surface area contributed by atoms with Crippen LogP contribution in [0.3, 0.4) is 0 Å². The van der Waals surface area contributed by atoms with Gasteiger partial charge in [-0.3, -0.25) is 4.98 Å². The molecule has 0 aliphatic heterocycles. The molecule has 0 fully saturated rings. The Balaban J connectivity index is 0.00000112. The van der Waals surface area contributed by atoms with Crippen LogP contribution < -0.4 is 0 Å². The molecule has 0 saturated heterocycles. The van der Waals surface area contributed by atoms with E-state index in [4.69, 9.17) is 0 Å². The summed E-state index contributed by atoms with van der Waals surface area (Å²) in [5.41, 5.74) is 0.817. The Morgan fingerprint density at radius 3 is 2.40 bits per heavy atom. The molecule has 1 nitrogen and oxygen atoms in total. The van der Waals surface area contributed by atoms with Crippen LogP contribution in [0.5, 0.6) is 0 Å². The van der Waals surface area contributed by atoms with E-state index >= 15 is 0 Å². The molecule has 0 atom stereocenters. The van der Waals surface area contributed by atoms with Gasteiger partial charge in [0.15, 0.2) is 0 Å². The van der Waals surface area contributed by atoms with Crippen molar-refractivity contribution in [3.63, 3.8) is 0 Å². The molecular weight excluding hydrogens is 376 g/mol. The van der Waals surface area contributed by atoms with Gasteiger partial charge in [-0.15, -0.1) is 0 Å². The van der Waals surface area contributed by atoms with Crippen molar-refractivity contribution >= 4 is 0 Å². The fourth-order valence-electron chi connectivity index (χ4n) is 1.22. The minimum absolute atomic E-state index is 0. The van der Waals surface area contributed by atoms with E-state index in [1.54, 1.807) is 24.4 Å². The third-order valence-corrected chi connectivity index (χ3v) is 1.87. The normalized spacial score (nSPS) is 9.47. The molecule has 1 aromatic carbocycles. The maximum Gasteiger partial charge on any atom is 3.00 e. The van der Waals surface area contributed by atoms with Crippen LogP contribution in [0.2, 0.25) is 0 Å². The molecule has 4 heteroatoms. The van der Waals surface area contributed by atoms with Crippen LogP contribution in [0.25, 0.3) is 11.3 Å². The van der Waals surface area contributed by atoms with E-state index in [0.29, 0.717) is 11.3 Å². The number of benzene rings is 1. The van der Waals surface area contributed by atoms with Gasteiger partial charge in [0.2, 0.25) is 0 Å². The number of rotatable bonds is 1. The molecule has 76 valence electrons. The van der Waals surface area contributed by atoms with Gasteiger partial charge >= 0.3 is 20.1 Å². The molecule has 0 aliphatic rings. The van der Waals surface area contributed by atoms with Crippen molar-refractivity contribution in [1.29, 1.82) is 0 Å². The van der Waals surface area contributed by atoms with E-state index < -0.39 is 11.6 Å². The van der Waals surface area contributed by atoms with Gasteiger partial charge in [0.25, 0.3) is 0 Å². The van der Waals surface area contributed by atoms with Crippen molar-refractivity contribution in [2.75, 3.05) is 0 Å². The molecule has 0 unspecified atom stereocenters. The predicted molar refractivity (Wildman–Crippen MR) is 49.6 cm³/mol. The summed E-state index contributed by atoms with van der Waals surface area (Å²) in [6.07, 6.45) is 1.57. The van der Waals surface area contributed by atoms with Crippen LogP contribution >= 0.6 is 0 Å². The Labute approximate surface area is 99.5 Å².